The zero-order valence-electron chi connectivity index (χ0n) is 29.2. The standard InChI is InChI=1S/C37H64N6O2/c1-5-6-7-8-9-10-13-16-29-24-32-20-21-33-34(27(4)39-37(41-29)43(32)33)35(44)45-26(3)15-12-11-14-17-28-23-31-19-18-30-22-25(2)38-36(40-28)42(30)31/h25-34H,5-24H2,1-4H3,(H2,38,39,40,41)/p+2/t25-,26+,27+,28+,29+,30+,31-,32-,33-,34-/m0/s1. The fraction of sp³-hybridized carbons (Fsp3) is 0.919. The maximum absolute atomic E-state index is 13.6. The Hall–Kier alpha value is -1.83. The maximum Gasteiger partial charge on any atom is 0.441 e. The highest BCUT2D eigenvalue weighted by Crippen LogP contribution is 2.40. The summed E-state index contributed by atoms with van der Waals surface area (Å²) in [4.78, 5) is 21.1. The van der Waals surface area contributed by atoms with Crippen LogP contribution in [0.15, 0.2) is 4.99 Å². The number of aliphatic imine (C=N–C) groups is 1. The number of guanidine groups is 2. The van der Waals surface area contributed by atoms with Gasteiger partial charge in [0.15, 0.2) is 5.96 Å². The second-order valence-electron chi connectivity index (χ2n) is 15.9. The zero-order chi connectivity index (χ0) is 31.3. The molecule has 254 valence electrons. The van der Waals surface area contributed by atoms with Crippen LogP contribution in [0.5, 0.6) is 0 Å². The predicted molar refractivity (Wildman–Crippen MR) is 181 cm³/mol. The summed E-state index contributed by atoms with van der Waals surface area (Å²) in [5, 5.41) is 10.2. The van der Waals surface area contributed by atoms with Crippen LogP contribution in [-0.4, -0.2) is 81.8 Å². The van der Waals surface area contributed by atoms with E-state index in [1.165, 1.54) is 115 Å². The van der Waals surface area contributed by atoms with Crippen LogP contribution in [0.4, 0.5) is 0 Å². The summed E-state index contributed by atoms with van der Waals surface area (Å²) in [6.45, 7) is 8.88. The van der Waals surface area contributed by atoms with E-state index < -0.39 is 0 Å². The third kappa shape index (κ3) is 7.84. The van der Waals surface area contributed by atoms with E-state index in [1.807, 2.05) is 0 Å². The lowest BCUT2D eigenvalue weighted by atomic mass is 9.89. The average molecular weight is 627 g/mol. The van der Waals surface area contributed by atoms with Crippen LogP contribution in [0.25, 0.3) is 0 Å². The van der Waals surface area contributed by atoms with Gasteiger partial charge in [0.2, 0.25) is 0 Å². The van der Waals surface area contributed by atoms with Gasteiger partial charge >= 0.3 is 11.9 Å². The Bertz CT molecular complexity index is 1060. The Morgan fingerprint density at radius 1 is 0.911 bits per heavy atom. The van der Waals surface area contributed by atoms with E-state index in [0.29, 0.717) is 24.2 Å². The van der Waals surface area contributed by atoms with Gasteiger partial charge in [-0.3, -0.25) is 4.79 Å². The zero-order valence-corrected chi connectivity index (χ0v) is 29.2. The van der Waals surface area contributed by atoms with E-state index in [1.54, 1.807) is 0 Å². The van der Waals surface area contributed by atoms with Crippen LogP contribution in [0, 0.1) is 5.92 Å². The van der Waals surface area contributed by atoms with Gasteiger partial charge in [0.05, 0.1) is 24.1 Å². The first-order chi connectivity index (χ1) is 21.9. The molecular weight excluding hydrogens is 560 g/mol. The molecule has 4 N–H and O–H groups in total. The second kappa shape index (κ2) is 15.4. The first-order valence-electron chi connectivity index (χ1n) is 19.5. The van der Waals surface area contributed by atoms with Gasteiger partial charge in [0.1, 0.15) is 18.1 Å². The van der Waals surface area contributed by atoms with Crippen LogP contribution in [0.3, 0.4) is 0 Å². The fourth-order valence-electron chi connectivity index (χ4n) is 9.98. The van der Waals surface area contributed by atoms with Crippen molar-refractivity contribution >= 4 is 17.9 Å². The van der Waals surface area contributed by atoms with Crippen LogP contribution in [0.2, 0.25) is 0 Å². The molecule has 3 saturated heterocycles. The molecule has 6 heterocycles. The molecule has 0 spiro atoms. The molecular formula is C37H66N6O2+2. The van der Waals surface area contributed by atoms with Crippen molar-refractivity contribution in [3.8, 4) is 0 Å². The van der Waals surface area contributed by atoms with Crippen LogP contribution in [0.1, 0.15) is 156 Å². The molecule has 0 aliphatic carbocycles. The van der Waals surface area contributed by atoms with Gasteiger partial charge in [0, 0.05) is 31.0 Å². The Labute approximate surface area is 274 Å². The third-order valence-electron chi connectivity index (χ3n) is 12.2. The summed E-state index contributed by atoms with van der Waals surface area (Å²) in [6.07, 6.45) is 25.4. The van der Waals surface area contributed by atoms with Crippen LogP contribution >= 0.6 is 0 Å². The lowest BCUT2D eigenvalue weighted by Crippen LogP contribution is -3.00. The Balaban J connectivity index is 0.898. The molecule has 0 aromatic carbocycles. The number of esters is 1. The van der Waals surface area contributed by atoms with Gasteiger partial charge in [-0.1, -0.05) is 58.3 Å². The SMILES string of the molecule is CCCCCCCCC[C@@H]1C[C@@H]2CC[C@H]3[C@@H](C(=O)O[C@H](C)CCCCC[C@@H]4C[C@@H]5CC[C@@H]6C[C@H](C)[NH2+]C(=[N+]65)N4)[C@@H](C)N=C(N1)N23. The van der Waals surface area contributed by atoms with Crippen LogP contribution < -0.4 is 16.0 Å². The smallest absolute Gasteiger partial charge is 0.441 e. The van der Waals surface area contributed by atoms with Crippen molar-refractivity contribution in [1.29, 1.82) is 0 Å². The Morgan fingerprint density at radius 3 is 2.38 bits per heavy atom. The summed E-state index contributed by atoms with van der Waals surface area (Å²) >= 11 is 0. The molecule has 0 aromatic heterocycles. The number of hydrogen-bond donors (Lipinski definition) is 3. The lowest BCUT2D eigenvalue weighted by Gasteiger charge is -2.47. The van der Waals surface area contributed by atoms with Crippen molar-refractivity contribution in [1.82, 2.24) is 15.5 Å². The Kier molecular flexibility index (Phi) is 11.3. The number of carbonyl (C=O) groups excluding carboxylic acids is 1. The number of carbonyl (C=O) groups is 1. The lowest BCUT2D eigenvalue weighted by molar-refractivity contribution is -0.714. The van der Waals surface area contributed by atoms with Crippen molar-refractivity contribution in [3.05, 3.63) is 0 Å². The molecule has 0 bridgehead atoms. The number of hydrogen-bond acceptors (Lipinski definition) is 6. The first-order valence-corrected chi connectivity index (χ1v) is 19.5. The average Bonchev–Trinajstić information content (AvgIpc) is 3.61. The summed E-state index contributed by atoms with van der Waals surface area (Å²) < 4.78 is 8.85. The van der Waals surface area contributed by atoms with E-state index in [4.69, 9.17) is 9.73 Å². The van der Waals surface area contributed by atoms with Crippen molar-refractivity contribution < 1.29 is 19.4 Å². The van der Waals surface area contributed by atoms with Gasteiger partial charge in [-0.15, -0.1) is 0 Å². The molecule has 6 aliphatic heterocycles. The van der Waals surface area contributed by atoms with Gasteiger partial charge < -0.3 is 15.0 Å². The normalized spacial score (nSPS) is 35.7. The molecule has 0 aromatic rings. The highest BCUT2D eigenvalue weighted by Gasteiger charge is 2.51. The van der Waals surface area contributed by atoms with E-state index in [2.05, 4.69) is 53.1 Å². The molecule has 10 atom stereocenters. The van der Waals surface area contributed by atoms with E-state index in [0.717, 1.165) is 37.3 Å². The van der Waals surface area contributed by atoms with E-state index in [-0.39, 0.29) is 30.1 Å². The second-order valence-corrected chi connectivity index (χ2v) is 15.9. The molecule has 45 heavy (non-hydrogen) atoms. The largest absolute Gasteiger partial charge is 0.462 e. The van der Waals surface area contributed by atoms with Gasteiger partial charge in [-0.25, -0.2) is 20.2 Å². The molecule has 6 aliphatic rings. The van der Waals surface area contributed by atoms with Gasteiger partial charge in [0.25, 0.3) is 0 Å². The summed E-state index contributed by atoms with van der Waals surface area (Å²) in [7, 11) is 0. The summed E-state index contributed by atoms with van der Waals surface area (Å²) in [5.74, 6) is 2.33. The molecule has 0 amide bonds. The number of ether oxygens (including phenoxy) is 1. The topological polar surface area (TPSA) is 85.6 Å². The molecule has 8 heteroatoms. The number of nitrogens with zero attached hydrogens (tertiary/aromatic N) is 3. The minimum Gasteiger partial charge on any atom is -0.462 e. The minimum atomic E-state index is -0.147. The van der Waals surface area contributed by atoms with Crippen LogP contribution in [-0.2, 0) is 9.53 Å². The van der Waals surface area contributed by atoms with E-state index in [9.17, 15) is 4.79 Å². The maximum atomic E-state index is 13.6. The van der Waals surface area contributed by atoms with Crippen molar-refractivity contribution in [2.24, 2.45) is 10.9 Å². The number of quaternary nitrogens is 1. The molecule has 0 radical (unpaired) electrons. The fourth-order valence-corrected chi connectivity index (χ4v) is 9.98. The number of nitrogens with one attached hydrogen (secondary N) is 2. The summed E-state index contributed by atoms with van der Waals surface area (Å²) in [6, 6.07) is 4.11. The summed E-state index contributed by atoms with van der Waals surface area (Å²) in [5.41, 5.74) is 0. The quantitative estimate of drug-likeness (QED) is 0.125. The number of rotatable bonds is 16. The number of unbranched alkanes of at least 4 members (excludes halogenated alkanes) is 8. The third-order valence-corrected chi connectivity index (χ3v) is 12.2. The molecule has 0 unspecified atom stereocenters. The Morgan fingerprint density at radius 2 is 1.60 bits per heavy atom. The molecule has 8 nitrogen and oxygen atoms in total. The van der Waals surface area contributed by atoms with Gasteiger partial charge in [-0.05, 0) is 85.0 Å². The van der Waals surface area contributed by atoms with Crippen molar-refractivity contribution in [2.75, 3.05) is 0 Å². The highest BCUT2D eigenvalue weighted by molar-refractivity contribution is 5.86. The van der Waals surface area contributed by atoms with Gasteiger partial charge in [-0.2, -0.15) is 0 Å². The van der Waals surface area contributed by atoms with Crippen molar-refractivity contribution in [3.63, 3.8) is 0 Å². The molecule has 3 fully saturated rings. The first kappa shape index (κ1) is 33.1. The minimum absolute atomic E-state index is 0.0190. The molecule has 0 saturated carbocycles. The highest BCUT2D eigenvalue weighted by atomic mass is 16.5. The number of nitrogens with two attached hydrogens (primary N) is 1. The predicted octanol–water partition coefficient (Wildman–Crippen LogP) is 5.20. The monoisotopic (exact) mass is 627 g/mol. The molecule has 6 rings (SSSR count). The van der Waals surface area contributed by atoms with E-state index >= 15 is 0 Å². The van der Waals surface area contributed by atoms with Crippen molar-refractivity contribution in [2.45, 2.75) is 211 Å².